The van der Waals surface area contributed by atoms with Crippen LogP contribution in [-0.4, -0.2) is 21.1 Å². The summed E-state index contributed by atoms with van der Waals surface area (Å²) in [5.74, 6) is -0.452. The molecule has 4 rings (SSSR count). The number of hydrogen-bond donors (Lipinski definition) is 2. The molecule has 1 amide bonds. The zero-order valence-electron chi connectivity index (χ0n) is 12.0. The van der Waals surface area contributed by atoms with Crippen molar-refractivity contribution in [3.63, 3.8) is 0 Å². The number of thiophene rings is 1. The fourth-order valence-electron chi connectivity index (χ4n) is 2.75. The van der Waals surface area contributed by atoms with Crippen LogP contribution in [0.2, 0.25) is 0 Å². The first kappa shape index (κ1) is 13.7. The number of nitrogens with one attached hydrogen (secondary N) is 1. The van der Waals surface area contributed by atoms with Crippen molar-refractivity contribution < 1.29 is 4.79 Å². The molecule has 3 aromatic heterocycles. The number of carbonyl (C=O) groups is 1. The third kappa shape index (κ3) is 2.20. The Balaban J connectivity index is 2.11. The van der Waals surface area contributed by atoms with Gasteiger partial charge >= 0.3 is 0 Å². The van der Waals surface area contributed by atoms with Crippen LogP contribution in [0.5, 0.6) is 0 Å². The molecule has 112 valence electrons. The number of amides is 1. The fraction of sp³-hybridized carbons (Fsp3) is 0. The number of benzene rings is 1. The van der Waals surface area contributed by atoms with Gasteiger partial charge < -0.3 is 5.73 Å². The second-order valence-corrected chi connectivity index (χ2v) is 6.01. The zero-order valence-corrected chi connectivity index (χ0v) is 12.8. The summed E-state index contributed by atoms with van der Waals surface area (Å²) in [6, 6.07) is 11.5. The summed E-state index contributed by atoms with van der Waals surface area (Å²) in [6.07, 6.45) is 3.42. The van der Waals surface area contributed by atoms with Gasteiger partial charge in [0.15, 0.2) is 5.65 Å². The van der Waals surface area contributed by atoms with E-state index in [0.717, 1.165) is 27.0 Å². The van der Waals surface area contributed by atoms with Gasteiger partial charge in [0.05, 0.1) is 6.20 Å². The lowest BCUT2D eigenvalue weighted by Crippen LogP contribution is -2.12. The number of nitrogens with zero attached hydrogens (tertiary/aromatic N) is 2. The van der Waals surface area contributed by atoms with E-state index >= 15 is 0 Å². The van der Waals surface area contributed by atoms with Crippen LogP contribution in [0.25, 0.3) is 32.6 Å². The van der Waals surface area contributed by atoms with Crippen molar-refractivity contribution in [2.24, 2.45) is 5.73 Å². The van der Waals surface area contributed by atoms with Crippen molar-refractivity contribution >= 4 is 28.3 Å². The van der Waals surface area contributed by atoms with E-state index in [2.05, 4.69) is 15.2 Å². The standard InChI is InChI=1S/C17H12N4OS/c18-16(22)12-4-1-3-11(14-5-2-8-23-14)15(12)10-6-7-19-17-13(10)9-20-21-17/h1-9H,(H2,18,22)(H,19,20,21). The molecule has 0 aliphatic carbocycles. The molecular formula is C17H12N4OS. The third-order valence-corrected chi connectivity index (χ3v) is 4.64. The van der Waals surface area contributed by atoms with E-state index in [1.54, 1.807) is 29.8 Å². The summed E-state index contributed by atoms with van der Waals surface area (Å²) in [5, 5.41) is 9.78. The van der Waals surface area contributed by atoms with Crippen molar-refractivity contribution in [1.82, 2.24) is 15.2 Å². The van der Waals surface area contributed by atoms with E-state index in [1.165, 1.54) is 0 Å². The summed E-state index contributed by atoms with van der Waals surface area (Å²) in [7, 11) is 0. The number of fused-ring (bicyclic) bond motifs is 1. The predicted molar refractivity (Wildman–Crippen MR) is 91.2 cm³/mol. The predicted octanol–water partition coefficient (Wildman–Crippen LogP) is 3.45. The molecule has 0 bridgehead atoms. The summed E-state index contributed by atoms with van der Waals surface area (Å²) < 4.78 is 0. The van der Waals surface area contributed by atoms with Gasteiger partial charge in [-0.25, -0.2) is 4.98 Å². The van der Waals surface area contributed by atoms with Gasteiger partial charge in [-0.2, -0.15) is 5.10 Å². The molecule has 6 heteroatoms. The van der Waals surface area contributed by atoms with Gasteiger partial charge in [-0.1, -0.05) is 18.2 Å². The highest BCUT2D eigenvalue weighted by molar-refractivity contribution is 7.13. The molecule has 0 unspecified atom stereocenters. The van der Waals surface area contributed by atoms with Crippen molar-refractivity contribution in [2.75, 3.05) is 0 Å². The number of carbonyl (C=O) groups excluding carboxylic acids is 1. The maximum Gasteiger partial charge on any atom is 0.249 e. The highest BCUT2D eigenvalue weighted by Gasteiger charge is 2.18. The van der Waals surface area contributed by atoms with Crippen LogP contribution in [0.1, 0.15) is 10.4 Å². The minimum atomic E-state index is -0.452. The van der Waals surface area contributed by atoms with Crippen molar-refractivity contribution in [2.45, 2.75) is 0 Å². The minimum absolute atomic E-state index is 0.452. The number of hydrogen-bond acceptors (Lipinski definition) is 4. The number of aromatic amines is 1. The first-order valence-electron chi connectivity index (χ1n) is 7.01. The molecule has 23 heavy (non-hydrogen) atoms. The number of aromatic nitrogens is 3. The quantitative estimate of drug-likeness (QED) is 0.606. The van der Waals surface area contributed by atoms with Gasteiger partial charge in [0.1, 0.15) is 0 Å². The largest absolute Gasteiger partial charge is 0.366 e. The van der Waals surface area contributed by atoms with Crippen molar-refractivity contribution in [3.05, 3.63) is 59.7 Å². The Morgan fingerprint density at radius 1 is 1.13 bits per heavy atom. The first-order valence-corrected chi connectivity index (χ1v) is 7.89. The van der Waals surface area contributed by atoms with Crippen LogP contribution < -0.4 is 5.73 Å². The maximum absolute atomic E-state index is 12.0. The van der Waals surface area contributed by atoms with Crippen LogP contribution >= 0.6 is 11.3 Å². The second-order valence-electron chi connectivity index (χ2n) is 5.06. The lowest BCUT2D eigenvalue weighted by molar-refractivity contribution is 0.100. The molecule has 3 heterocycles. The number of pyridine rings is 1. The normalized spacial score (nSPS) is 11.0. The molecule has 4 aromatic rings. The Labute approximate surface area is 135 Å². The lowest BCUT2D eigenvalue weighted by atomic mass is 9.92. The second kappa shape index (κ2) is 5.33. The average molecular weight is 320 g/mol. The van der Waals surface area contributed by atoms with E-state index in [-0.39, 0.29) is 0 Å². The summed E-state index contributed by atoms with van der Waals surface area (Å²) in [4.78, 5) is 17.3. The highest BCUT2D eigenvalue weighted by Crippen LogP contribution is 2.39. The van der Waals surface area contributed by atoms with Crippen LogP contribution in [0.15, 0.2) is 54.2 Å². The molecule has 0 spiro atoms. The van der Waals surface area contributed by atoms with Gasteiger partial charge in [0.25, 0.3) is 0 Å². The average Bonchev–Trinajstić information content (AvgIpc) is 3.25. The number of rotatable bonds is 3. The smallest absolute Gasteiger partial charge is 0.249 e. The first-order chi connectivity index (χ1) is 11.3. The summed E-state index contributed by atoms with van der Waals surface area (Å²) >= 11 is 1.62. The summed E-state index contributed by atoms with van der Waals surface area (Å²) in [6.45, 7) is 0. The van der Waals surface area contributed by atoms with Crippen LogP contribution in [-0.2, 0) is 0 Å². The molecule has 0 aliphatic rings. The van der Waals surface area contributed by atoms with Crippen LogP contribution in [0.4, 0.5) is 0 Å². The highest BCUT2D eigenvalue weighted by atomic mass is 32.1. The van der Waals surface area contributed by atoms with Crippen LogP contribution in [0.3, 0.4) is 0 Å². The van der Waals surface area contributed by atoms with Crippen molar-refractivity contribution in [1.29, 1.82) is 0 Å². The Hall–Kier alpha value is -2.99. The van der Waals surface area contributed by atoms with E-state index in [0.29, 0.717) is 11.2 Å². The van der Waals surface area contributed by atoms with Gasteiger partial charge in [0.2, 0.25) is 5.91 Å². The topological polar surface area (TPSA) is 84.7 Å². The Bertz CT molecular complexity index is 1000. The Morgan fingerprint density at radius 3 is 2.83 bits per heavy atom. The molecule has 0 fully saturated rings. The Morgan fingerprint density at radius 2 is 2.04 bits per heavy atom. The number of primary amides is 1. The summed E-state index contributed by atoms with van der Waals surface area (Å²) in [5.41, 5.74) is 9.47. The molecule has 3 N–H and O–H groups in total. The monoisotopic (exact) mass is 320 g/mol. The molecule has 0 radical (unpaired) electrons. The zero-order chi connectivity index (χ0) is 15.8. The maximum atomic E-state index is 12.0. The fourth-order valence-corrected chi connectivity index (χ4v) is 3.51. The molecule has 0 saturated carbocycles. The third-order valence-electron chi connectivity index (χ3n) is 3.74. The molecule has 0 aliphatic heterocycles. The molecule has 5 nitrogen and oxygen atoms in total. The molecular weight excluding hydrogens is 308 g/mol. The van der Waals surface area contributed by atoms with E-state index < -0.39 is 5.91 Å². The van der Waals surface area contributed by atoms with Crippen molar-refractivity contribution in [3.8, 4) is 21.6 Å². The Kier molecular flexibility index (Phi) is 3.17. The van der Waals surface area contributed by atoms with Gasteiger partial charge in [-0.15, -0.1) is 11.3 Å². The van der Waals surface area contributed by atoms with Gasteiger partial charge in [-0.3, -0.25) is 9.89 Å². The molecule has 0 atom stereocenters. The molecule has 1 aromatic carbocycles. The van der Waals surface area contributed by atoms with E-state index in [1.807, 2.05) is 35.7 Å². The van der Waals surface area contributed by atoms with Gasteiger partial charge in [-0.05, 0) is 29.1 Å². The van der Waals surface area contributed by atoms with E-state index in [4.69, 9.17) is 5.73 Å². The SMILES string of the molecule is NC(=O)c1cccc(-c2cccs2)c1-c1ccnc2[nH]ncc12. The van der Waals surface area contributed by atoms with Crippen LogP contribution in [0, 0.1) is 0 Å². The van der Waals surface area contributed by atoms with Gasteiger partial charge in [0, 0.05) is 33.2 Å². The molecule has 0 saturated heterocycles. The lowest BCUT2D eigenvalue weighted by Gasteiger charge is -2.13. The number of nitrogens with two attached hydrogens (primary N) is 1. The minimum Gasteiger partial charge on any atom is -0.366 e. The number of H-pyrrole nitrogens is 1. The van der Waals surface area contributed by atoms with E-state index in [9.17, 15) is 4.79 Å².